The van der Waals surface area contributed by atoms with Crippen LogP contribution in [0.5, 0.6) is 0 Å². The van der Waals surface area contributed by atoms with Crippen LogP contribution in [0, 0.1) is 0 Å². The second-order valence-electron chi connectivity index (χ2n) is 2.47. The lowest BCUT2D eigenvalue weighted by Crippen LogP contribution is -2.45. The smallest absolute Gasteiger partial charge is 0.269 e. The summed E-state index contributed by atoms with van der Waals surface area (Å²) in [5.74, 6) is -0.589. The topological polar surface area (TPSA) is 89.6 Å². The van der Waals surface area contributed by atoms with Crippen molar-refractivity contribution in [1.82, 2.24) is 0 Å². The Morgan fingerprint density at radius 2 is 2.09 bits per heavy atom. The van der Waals surface area contributed by atoms with Gasteiger partial charge in [0.2, 0.25) is 0 Å². The lowest BCUT2D eigenvalue weighted by molar-refractivity contribution is -0.00285. The van der Waals surface area contributed by atoms with Gasteiger partial charge < -0.3 is 10.5 Å². The molecule has 11 heavy (non-hydrogen) atoms. The molecule has 0 amide bonds. The molecule has 0 fully saturated rings. The van der Waals surface area contributed by atoms with Gasteiger partial charge in [0, 0.05) is 6.61 Å². The average Bonchev–Trinajstić information content (AvgIpc) is 1.55. The summed E-state index contributed by atoms with van der Waals surface area (Å²) < 4.78 is 33.9. The Hall–Kier alpha value is -0.170. The fourth-order valence-electron chi connectivity index (χ4n) is 0.734. The number of hydrogen-bond donors (Lipinski definition) is 2. The zero-order valence-electron chi connectivity index (χ0n) is 6.57. The highest BCUT2D eigenvalue weighted by Gasteiger charge is 2.25. The highest BCUT2D eigenvalue weighted by molar-refractivity contribution is 7.85. The summed E-state index contributed by atoms with van der Waals surface area (Å²) in [6, 6.07) is 0. The lowest BCUT2D eigenvalue weighted by atomic mass is 10.3. The minimum Gasteiger partial charge on any atom is -0.360 e. The van der Waals surface area contributed by atoms with Gasteiger partial charge in [-0.3, -0.25) is 4.55 Å². The molecular formula is C5H13NO4S. The van der Waals surface area contributed by atoms with Gasteiger partial charge in [0.15, 0.2) is 0 Å². The number of nitrogens with two attached hydrogens (primary N) is 1. The van der Waals surface area contributed by atoms with E-state index in [-0.39, 0.29) is 0 Å². The van der Waals surface area contributed by atoms with Crippen molar-refractivity contribution in [2.24, 2.45) is 5.73 Å². The molecule has 5 nitrogen and oxygen atoms in total. The van der Waals surface area contributed by atoms with Gasteiger partial charge in [0.05, 0.1) is 0 Å². The Morgan fingerprint density at radius 1 is 1.64 bits per heavy atom. The van der Waals surface area contributed by atoms with E-state index < -0.39 is 21.6 Å². The SMILES string of the molecule is CCOC(C)(N)CS(=O)(=O)O. The summed E-state index contributed by atoms with van der Waals surface area (Å²) in [5, 5.41) is 0. The molecule has 0 aliphatic heterocycles. The van der Waals surface area contributed by atoms with Crippen molar-refractivity contribution in [3.8, 4) is 0 Å². The van der Waals surface area contributed by atoms with Crippen molar-refractivity contribution in [3.05, 3.63) is 0 Å². The molecule has 0 aliphatic rings. The van der Waals surface area contributed by atoms with Crippen LogP contribution in [0.15, 0.2) is 0 Å². The molecule has 1 unspecified atom stereocenters. The molecule has 68 valence electrons. The van der Waals surface area contributed by atoms with Gasteiger partial charge in [0.1, 0.15) is 11.5 Å². The van der Waals surface area contributed by atoms with Crippen molar-refractivity contribution >= 4 is 10.1 Å². The first kappa shape index (κ1) is 10.8. The zero-order valence-corrected chi connectivity index (χ0v) is 7.39. The van der Waals surface area contributed by atoms with Crippen molar-refractivity contribution in [2.75, 3.05) is 12.4 Å². The van der Waals surface area contributed by atoms with Crippen LogP contribution in [0.3, 0.4) is 0 Å². The average molecular weight is 183 g/mol. The monoisotopic (exact) mass is 183 g/mol. The second kappa shape index (κ2) is 3.48. The molecule has 0 rings (SSSR count). The van der Waals surface area contributed by atoms with Crippen molar-refractivity contribution in [3.63, 3.8) is 0 Å². The summed E-state index contributed by atoms with van der Waals surface area (Å²) in [5.41, 5.74) is 4.05. The van der Waals surface area contributed by atoms with Gasteiger partial charge in [-0.15, -0.1) is 0 Å². The van der Waals surface area contributed by atoms with E-state index in [9.17, 15) is 8.42 Å². The summed E-state index contributed by atoms with van der Waals surface area (Å²) in [4.78, 5) is 0. The molecule has 0 aromatic carbocycles. The number of hydrogen-bond acceptors (Lipinski definition) is 4. The fourth-order valence-corrected chi connectivity index (χ4v) is 1.54. The summed E-state index contributed by atoms with van der Waals surface area (Å²) >= 11 is 0. The maximum absolute atomic E-state index is 10.3. The third kappa shape index (κ3) is 6.24. The summed E-state index contributed by atoms with van der Waals surface area (Å²) in [7, 11) is -4.05. The Balaban J connectivity index is 4.13. The van der Waals surface area contributed by atoms with Crippen molar-refractivity contribution < 1.29 is 17.7 Å². The third-order valence-electron chi connectivity index (χ3n) is 0.943. The summed E-state index contributed by atoms with van der Waals surface area (Å²) in [6.07, 6.45) is 0. The predicted molar refractivity (Wildman–Crippen MR) is 40.6 cm³/mol. The molecule has 0 aromatic heterocycles. The highest BCUT2D eigenvalue weighted by Crippen LogP contribution is 2.04. The van der Waals surface area contributed by atoms with Crippen LogP contribution in [0.25, 0.3) is 0 Å². The molecule has 6 heteroatoms. The molecule has 0 heterocycles. The van der Waals surface area contributed by atoms with Crippen LogP contribution in [0.1, 0.15) is 13.8 Å². The van der Waals surface area contributed by atoms with E-state index in [1.807, 2.05) is 0 Å². The Kier molecular flexibility index (Phi) is 3.43. The van der Waals surface area contributed by atoms with Crippen molar-refractivity contribution in [2.45, 2.75) is 19.6 Å². The molecule has 0 aliphatic carbocycles. The van der Waals surface area contributed by atoms with E-state index in [0.717, 1.165) is 0 Å². The minimum absolute atomic E-state index is 0.308. The highest BCUT2D eigenvalue weighted by atomic mass is 32.2. The zero-order chi connectivity index (χ0) is 9.12. The number of ether oxygens (including phenoxy) is 1. The maximum Gasteiger partial charge on any atom is 0.269 e. The standard InChI is InChI=1S/C5H13NO4S/c1-3-10-5(2,6)4-11(7,8)9/h3-4,6H2,1-2H3,(H,7,8,9). The minimum atomic E-state index is -4.05. The lowest BCUT2D eigenvalue weighted by Gasteiger charge is -2.22. The first-order valence-corrected chi connectivity index (χ1v) is 4.76. The van der Waals surface area contributed by atoms with Crippen LogP contribution in [0.4, 0.5) is 0 Å². The van der Waals surface area contributed by atoms with Gasteiger partial charge in [-0.25, -0.2) is 0 Å². The van der Waals surface area contributed by atoms with E-state index in [4.69, 9.17) is 15.0 Å². The van der Waals surface area contributed by atoms with E-state index in [1.54, 1.807) is 6.92 Å². The van der Waals surface area contributed by atoms with Gasteiger partial charge in [-0.1, -0.05) is 0 Å². The molecule has 0 radical (unpaired) electrons. The molecular weight excluding hydrogens is 170 g/mol. The Morgan fingerprint density at radius 3 is 2.36 bits per heavy atom. The van der Waals surface area contributed by atoms with Crippen molar-refractivity contribution in [1.29, 1.82) is 0 Å². The third-order valence-corrected chi connectivity index (χ3v) is 1.88. The number of rotatable bonds is 4. The Bertz CT molecular complexity index is 209. The van der Waals surface area contributed by atoms with Crippen LogP contribution in [-0.4, -0.2) is 31.1 Å². The molecule has 0 bridgehead atoms. The van der Waals surface area contributed by atoms with E-state index in [1.165, 1.54) is 6.92 Å². The molecule has 3 N–H and O–H groups in total. The largest absolute Gasteiger partial charge is 0.360 e. The molecule has 0 aromatic rings. The van der Waals surface area contributed by atoms with Gasteiger partial charge in [0.25, 0.3) is 10.1 Å². The molecule has 1 atom stereocenters. The van der Waals surface area contributed by atoms with Gasteiger partial charge in [-0.2, -0.15) is 8.42 Å². The molecule has 0 saturated carbocycles. The van der Waals surface area contributed by atoms with Crippen LogP contribution >= 0.6 is 0 Å². The maximum atomic E-state index is 10.3. The van der Waals surface area contributed by atoms with E-state index in [0.29, 0.717) is 6.61 Å². The first-order valence-electron chi connectivity index (χ1n) is 3.15. The predicted octanol–water partition coefficient (Wildman–Crippen LogP) is -0.414. The van der Waals surface area contributed by atoms with Crippen LogP contribution < -0.4 is 5.73 Å². The second-order valence-corrected chi connectivity index (χ2v) is 3.92. The van der Waals surface area contributed by atoms with E-state index >= 15 is 0 Å². The molecule has 0 spiro atoms. The molecule has 0 saturated heterocycles. The fraction of sp³-hybridized carbons (Fsp3) is 1.00. The summed E-state index contributed by atoms with van der Waals surface area (Å²) in [6.45, 7) is 3.39. The normalized spacial score (nSPS) is 17.8. The first-order chi connectivity index (χ1) is 4.77. The van der Waals surface area contributed by atoms with Gasteiger partial charge in [-0.05, 0) is 13.8 Å². The van der Waals surface area contributed by atoms with E-state index in [2.05, 4.69) is 0 Å². The Labute approximate surface area is 66.3 Å². The van der Waals surface area contributed by atoms with Crippen LogP contribution in [-0.2, 0) is 14.9 Å². The van der Waals surface area contributed by atoms with Crippen LogP contribution in [0.2, 0.25) is 0 Å². The quantitative estimate of drug-likeness (QED) is 0.456. The van der Waals surface area contributed by atoms with Gasteiger partial charge >= 0.3 is 0 Å².